The smallest absolute Gasteiger partial charge is 0.252 e. The van der Waals surface area contributed by atoms with Crippen LogP contribution in [0.15, 0.2) is 47.3 Å². The van der Waals surface area contributed by atoms with Gasteiger partial charge in [0, 0.05) is 30.1 Å². The van der Waals surface area contributed by atoms with Gasteiger partial charge in [-0.15, -0.1) is 0 Å². The van der Waals surface area contributed by atoms with Crippen molar-refractivity contribution in [3.05, 3.63) is 63.9 Å². The fourth-order valence-corrected chi connectivity index (χ4v) is 2.66. The average Bonchev–Trinajstić information content (AvgIpc) is 2.48. The summed E-state index contributed by atoms with van der Waals surface area (Å²) in [5.41, 5.74) is 1.10. The number of anilines is 1. The molecule has 0 spiro atoms. The van der Waals surface area contributed by atoms with Crippen molar-refractivity contribution in [1.82, 2.24) is 4.57 Å². The molecule has 0 amide bonds. The fourth-order valence-electron chi connectivity index (χ4n) is 2.66. The molecule has 0 fully saturated rings. The minimum atomic E-state index is -0.0742. The van der Waals surface area contributed by atoms with Crippen molar-refractivity contribution in [2.45, 2.75) is 20.4 Å². The van der Waals surface area contributed by atoms with Gasteiger partial charge in [0.05, 0.1) is 5.56 Å². The third kappa shape index (κ3) is 2.49. The first-order valence-electron chi connectivity index (χ1n) is 7.05. The molecular formula is C17H18N2O2. The van der Waals surface area contributed by atoms with E-state index in [1.807, 2.05) is 18.2 Å². The lowest BCUT2D eigenvalue weighted by atomic mass is 9.91. The summed E-state index contributed by atoms with van der Waals surface area (Å²) < 4.78 is 1.67. The number of nitrogens with zero attached hydrogens (tertiary/aromatic N) is 1. The Hall–Kier alpha value is -2.36. The molecule has 4 heteroatoms. The molecule has 0 aliphatic carbocycles. The van der Waals surface area contributed by atoms with Gasteiger partial charge < -0.3 is 5.32 Å². The van der Waals surface area contributed by atoms with Crippen LogP contribution < -0.4 is 10.9 Å². The van der Waals surface area contributed by atoms with Crippen molar-refractivity contribution in [2.24, 2.45) is 5.41 Å². The Morgan fingerprint density at radius 1 is 1.14 bits per heavy atom. The van der Waals surface area contributed by atoms with Crippen LogP contribution >= 0.6 is 0 Å². The normalized spacial score (nSPS) is 15.9. The van der Waals surface area contributed by atoms with Crippen molar-refractivity contribution >= 4 is 11.6 Å². The van der Waals surface area contributed by atoms with Crippen molar-refractivity contribution in [3.8, 4) is 0 Å². The summed E-state index contributed by atoms with van der Waals surface area (Å²) in [5.74, 6) is 0.572. The zero-order chi connectivity index (χ0) is 15.0. The van der Waals surface area contributed by atoms with Crippen LogP contribution in [0.2, 0.25) is 0 Å². The molecule has 2 heterocycles. The Morgan fingerprint density at radius 3 is 2.57 bits per heavy atom. The van der Waals surface area contributed by atoms with Gasteiger partial charge in [0.15, 0.2) is 5.78 Å². The molecule has 1 aromatic carbocycles. The maximum absolute atomic E-state index is 12.6. The molecule has 3 rings (SSSR count). The fraction of sp³-hybridized carbons (Fsp3) is 0.294. The van der Waals surface area contributed by atoms with Crippen molar-refractivity contribution in [1.29, 1.82) is 0 Å². The van der Waals surface area contributed by atoms with Gasteiger partial charge in [-0.1, -0.05) is 44.2 Å². The molecule has 1 aliphatic heterocycles. The number of fused-ring (bicyclic) bond motifs is 1. The largest absolute Gasteiger partial charge is 0.370 e. The highest BCUT2D eigenvalue weighted by Crippen LogP contribution is 2.28. The number of ketones is 1. The van der Waals surface area contributed by atoms with E-state index in [0.717, 1.165) is 6.54 Å². The van der Waals surface area contributed by atoms with Gasteiger partial charge in [-0.25, -0.2) is 0 Å². The van der Waals surface area contributed by atoms with Gasteiger partial charge in [0.2, 0.25) is 0 Å². The average molecular weight is 282 g/mol. The number of carbonyl (C=O) groups is 1. The van der Waals surface area contributed by atoms with Crippen LogP contribution in [0.25, 0.3) is 0 Å². The van der Waals surface area contributed by atoms with Gasteiger partial charge in [0.25, 0.3) is 5.56 Å². The molecule has 0 saturated carbocycles. The summed E-state index contributed by atoms with van der Waals surface area (Å²) in [6.07, 6.45) is 0. The van der Waals surface area contributed by atoms with E-state index in [4.69, 9.17) is 0 Å². The lowest BCUT2D eigenvalue weighted by Gasteiger charge is -2.34. The van der Waals surface area contributed by atoms with Crippen LogP contribution in [0, 0.1) is 5.41 Å². The minimum Gasteiger partial charge on any atom is -0.370 e. The predicted molar refractivity (Wildman–Crippen MR) is 82.8 cm³/mol. The Balaban J connectivity index is 2.10. The van der Waals surface area contributed by atoms with Crippen molar-refractivity contribution < 1.29 is 4.79 Å². The second kappa shape index (κ2) is 4.88. The summed E-state index contributed by atoms with van der Waals surface area (Å²) in [4.78, 5) is 24.7. The third-order valence-corrected chi connectivity index (χ3v) is 3.78. The van der Waals surface area contributed by atoms with E-state index < -0.39 is 0 Å². The summed E-state index contributed by atoms with van der Waals surface area (Å²) in [7, 11) is 0. The van der Waals surface area contributed by atoms with Gasteiger partial charge in [0.1, 0.15) is 5.82 Å². The molecule has 1 N–H and O–H groups in total. The van der Waals surface area contributed by atoms with E-state index in [-0.39, 0.29) is 16.8 Å². The number of nitrogens with one attached hydrogen (secondary N) is 1. The van der Waals surface area contributed by atoms with Crippen LogP contribution in [0.4, 0.5) is 5.82 Å². The maximum Gasteiger partial charge on any atom is 0.252 e. The molecule has 4 nitrogen and oxygen atoms in total. The second-order valence-corrected chi connectivity index (χ2v) is 6.23. The number of hydrogen-bond acceptors (Lipinski definition) is 3. The van der Waals surface area contributed by atoms with Gasteiger partial charge in [-0.3, -0.25) is 14.2 Å². The van der Waals surface area contributed by atoms with Crippen LogP contribution in [-0.2, 0) is 6.54 Å². The molecule has 0 unspecified atom stereocenters. The zero-order valence-electron chi connectivity index (χ0n) is 12.2. The monoisotopic (exact) mass is 282 g/mol. The number of benzene rings is 1. The lowest BCUT2D eigenvalue weighted by molar-refractivity contribution is 0.103. The predicted octanol–water partition coefficient (Wildman–Crippen LogP) is 2.53. The molecule has 0 saturated heterocycles. The lowest BCUT2D eigenvalue weighted by Crippen LogP contribution is -2.40. The summed E-state index contributed by atoms with van der Waals surface area (Å²) in [6.45, 7) is 5.55. The quantitative estimate of drug-likeness (QED) is 0.861. The highest BCUT2D eigenvalue weighted by atomic mass is 16.1. The first kappa shape index (κ1) is 13.6. The molecular weight excluding hydrogens is 264 g/mol. The van der Waals surface area contributed by atoms with Crippen molar-refractivity contribution in [2.75, 3.05) is 11.9 Å². The van der Waals surface area contributed by atoms with E-state index in [1.54, 1.807) is 22.8 Å². The molecule has 2 aromatic rings. The Morgan fingerprint density at radius 2 is 1.86 bits per heavy atom. The number of aromatic nitrogens is 1. The Labute approximate surface area is 123 Å². The highest BCUT2D eigenvalue weighted by molar-refractivity contribution is 6.11. The SMILES string of the molecule is CC1(C)CNc2c(C(=O)c3ccccc3)ccc(=O)n2C1. The molecule has 0 bridgehead atoms. The van der Waals surface area contributed by atoms with E-state index in [1.165, 1.54) is 6.07 Å². The van der Waals surface area contributed by atoms with Crippen LogP contribution in [0.1, 0.15) is 29.8 Å². The topological polar surface area (TPSA) is 51.1 Å². The molecule has 21 heavy (non-hydrogen) atoms. The number of carbonyl (C=O) groups excluding carboxylic acids is 1. The van der Waals surface area contributed by atoms with E-state index >= 15 is 0 Å². The molecule has 1 aliphatic rings. The molecule has 1 aromatic heterocycles. The first-order chi connectivity index (χ1) is 9.98. The number of rotatable bonds is 2. The Bertz CT molecular complexity index is 745. The summed E-state index contributed by atoms with van der Waals surface area (Å²) in [5, 5.41) is 3.26. The highest BCUT2D eigenvalue weighted by Gasteiger charge is 2.28. The van der Waals surface area contributed by atoms with E-state index in [0.29, 0.717) is 23.5 Å². The van der Waals surface area contributed by atoms with Gasteiger partial charge >= 0.3 is 0 Å². The standard InChI is InChI=1S/C17H18N2O2/c1-17(2)10-18-16-13(8-9-14(20)19(16)11-17)15(21)12-6-4-3-5-7-12/h3-9,18H,10-11H2,1-2H3. The van der Waals surface area contributed by atoms with Gasteiger partial charge in [-0.05, 0) is 6.07 Å². The molecule has 108 valence electrons. The summed E-state index contributed by atoms with van der Waals surface area (Å²) in [6, 6.07) is 12.2. The number of pyridine rings is 1. The van der Waals surface area contributed by atoms with Crippen molar-refractivity contribution in [3.63, 3.8) is 0 Å². The first-order valence-corrected chi connectivity index (χ1v) is 7.05. The number of hydrogen-bond donors (Lipinski definition) is 1. The van der Waals surface area contributed by atoms with Crippen LogP contribution in [0.3, 0.4) is 0 Å². The molecule has 0 radical (unpaired) electrons. The van der Waals surface area contributed by atoms with E-state index in [2.05, 4.69) is 19.2 Å². The zero-order valence-corrected chi connectivity index (χ0v) is 12.2. The van der Waals surface area contributed by atoms with Gasteiger partial charge in [-0.2, -0.15) is 0 Å². The van der Waals surface area contributed by atoms with Crippen LogP contribution in [-0.4, -0.2) is 16.9 Å². The minimum absolute atomic E-state index is 0.00869. The molecule has 0 atom stereocenters. The third-order valence-electron chi connectivity index (χ3n) is 3.78. The summed E-state index contributed by atoms with van der Waals surface area (Å²) >= 11 is 0. The van der Waals surface area contributed by atoms with Crippen LogP contribution in [0.5, 0.6) is 0 Å². The second-order valence-electron chi connectivity index (χ2n) is 6.23. The Kier molecular flexibility index (Phi) is 3.16. The van der Waals surface area contributed by atoms with E-state index in [9.17, 15) is 9.59 Å². The maximum atomic E-state index is 12.6.